The van der Waals surface area contributed by atoms with Crippen LogP contribution in [0.5, 0.6) is 0 Å². The molecule has 15 heavy (non-hydrogen) atoms. The number of aromatic nitrogens is 3. The summed E-state index contributed by atoms with van der Waals surface area (Å²) in [5.41, 5.74) is 8.05. The zero-order chi connectivity index (χ0) is 10.7. The number of nitrogens with zero attached hydrogens (tertiary/aromatic N) is 3. The molecule has 1 fully saturated rings. The molecule has 1 unspecified atom stereocenters. The van der Waals surface area contributed by atoms with Gasteiger partial charge in [-0.05, 0) is 25.9 Å². The average molecular weight is 212 g/mol. The summed E-state index contributed by atoms with van der Waals surface area (Å²) in [5.74, 6) is 0. The van der Waals surface area contributed by atoms with Gasteiger partial charge in [0.25, 0.3) is 0 Å². The Labute approximate surface area is 87.6 Å². The fraction of sp³-hybridized carbons (Fsp3) is 0.750. The molecular weight excluding hydrogens is 196 g/mol. The third kappa shape index (κ3) is 2.32. The van der Waals surface area contributed by atoms with Crippen LogP contribution >= 0.6 is 0 Å². The first-order chi connectivity index (χ1) is 7.31. The highest BCUT2D eigenvalue weighted by molar-refractivity contribution is 4.98. The highest BCUT2D eigenvalue weighted by Gasteiger charge is 2.17. The van der Waals surface area contributed by atoms with Gasteiger partial charge in [0.15, 0.2) is 0 Å². The molecule has 0 radical (unpaired) electrons. The van der Waals surface area contributed by atoms with Gasteiger partial charge in [0.1, 0.15) is 11.9 Å². The van der Waals surface area contributed by atoms with E-state index in [2.05, 4.69) is 15.6 Å². The lowest BCUT2D eigenvalue weighted by Crippen LogP contribution is -2.29. The predicted octanol–water partition coefficient (Wildman–Crippen LogP) is -0.861. The molecule has 1 aliphatic rings. The van der Waals surface area contributed by atoms with Crippen molar-refractivity contribution >= 4 is 0 Å². The molecule has 1 atom stereocenters. The van der Waals surface area contributed by atoms with E-state index in [4.69, 9.17) is 10.9 Å². The van der Waals surface area contributed by atoms with Crippen LogP contribution in [0.15, 0.2) is 6.20 Å². The van der Waals surface area contributed by atoms with Crippen molar-refractivity contribution in [3.05, 3.63) is 11.9 Å². The second kappa shape index (κ2) is 4.67. The Morgan fingerprint density at radius 1 is 1.60 bits per heavy atom. The van der Waals surface area contributed by atoms with Gasteiger partial charge in [-0.25, -0.2) is 4.68 Å². The Morgan fingerprint density at radius 2 is 2.33 bits per heavy atom. The minimum absolute atomic E-state index is 0.387. The Bertz CT molecular complexity index is 308. The van der Waals surface area contributed by atoms with Crippen LogP contribution in [-0.2, 0) is 0 Å². The van der Waals surface area contributed by atoms with Gasteiger partial charge in [0, 0.05) is 0 Å². The highest BCUT2D eigenvalue weighted by Crippen LogP contribution is 2.17. The van der Waals surface area contributed by atoms with Crippen molar-refractivity contribution in [2.24, 2.45) is 5.73 Å². The minimum atomic E-state index is -0.666. The lowest BCUT2D eigenvalue weighted by molar-refractivity contribution is 0.127. The van der Waals surface area contributed by atoms with Crippen molar-refractivity contribution in [3.8, 4) is 0 Å². The van der Waals surface area contributed by atoms with Gasteiger partial charge in [-0.1, -0.05) is 5.21 Å². The first-order valence-corrected chi connectivity index (χ1v) is 5.09. The molecule has 0 bridgehead atoms. The fourth-order valence-corrected chi connectivity index (χ4v) is 1.75. The Morgan fingerprint density at radius 3 is 3.00 bits per heavy atom. The van der Waals surface area contributed by atoms with Crippen molar-refractivity contribution in [2.75, 3.05) is 13.1 Å². The molecule has 0 aliphatic carbocycles. The van der Waals surface area contributed by atoms with Gasteiger partial charge in [-0.15, -0.1) is 5.10 Å². The largest absolute Gasteiger partial charge is 0.317 e. The molecule has 84 valence electrons. The van der Waals surface area contributed by atoms with Crippen molar-refractivity contribution in [1.82, 2.24) is 25.8 Å². The third-order valence-electron chi connectivity index (χ3n) is 2.67. The highest BCUT2D eigenvalue weighted by atomic mass is 16.5. The zero-order valence-electron chi connectivity index (χ0n) is 8.43. The van der Waals surface area contributed by atoms with Crippen LogP contribution in [0.3, 0.4) is 0 Å². The van der Waals surface area contributed by atoms with E-state index in [1.807, 2.05) is 10.2 Å². The van der Waals surface area contributed by atoms with Crippen LogP contribution in [0.4, 0.5) is 0 Å². The molecule has 0 aromatic carbocycles. The molecule has 5 N–H and O–H groups in total. The lowest BCUT2D eigenvalue weighted by Gasteiger charge is -2.22. The summed E-state index contributed by atoms with van der Waals surface area (Å²) in [4.78, 5) is 0. The van der Waals surface area contributed by atoms with Crippen molar-refractivity contribution in [1.29, 1.82) is 0 Å². The summed E-state index contributed by atoms with van der Waals surface area (Å²) in [6, 6.07) is 0.387. The van der Waals surface area contributed by atoms with Crippen molar-refractivity contribution in [3.63, 3.8) is 0 Å². The molecule has 0 saturated carbocycles. The minimum Gasteiger partial charge on any atom is -0.317 e. The third-order valence-corrected chi connectivity index (χ3v) is 2.67. The summed E-state index contributed by atoms with van der Waals surface area (Å²) in [6.45, 7) is 2.01. The Hall–Kier alpha value is -1.02. The number of hydroxylamine groups is 1. The van der Waals surface area contributed by atoms with Gasteiger partial charge in [-0.3, -0.25) is 0 Å². The van der Waals surface area contributed by atoms with Gasteiger partial charge < -0.3 is 16.3 Å². The van der Waals surface area contributed by atoms with E-state index >= 15 is 0 Å². The van der Waals surface area contributed by atoms with Crippen LogP contribution < -0.4 is 16.5 Å². The Balaban J connectivity index is 2.05. The van der Waals surface area contributed by atoms with E-state index in [1.165, 1.54) is 0 Å². The summed E-state index contributed by atoms with van der Waals surface area (Å²) < 4.78 is 1.83. The van der Waals surface area contributed by atoms with Crippen LogP contribution in [0, 0.1) is 0 Å². The molecule has 0 amide bonds. The average Bonchev–Trinajstić information content (AvgIpc) is 2.78. The number of piperidine rings is 1. The maximum Gasteiger partial charge on any atom is 0.125 e. The van der Waals surface area contributed by atoms with Gasteiger partial charge >= 0.3 is 0 Å². The van der Waals surface area contributed by atoms with E-state index < -0.39 is 6.17 Å². The van der Waals surface area contributed by atoms with Gasteiger partial charge in [0.05, 0.1) is 12.2 Å². The molecule has 7 nitrogen and oxygen atoms in total. The molecule has 1 saturated heterocycles. The van der Waals surface area contributed by atoms with Crippen LogP contribution in [0.25, 0.3) is 0 Å². The molecule has 0 spiro atoms. The van der Waals surface area contributed by atoms with Crippen LogP contribution in [0.1, 0.15) is 30.7 Å². The first kappa shape index (κ1) is 10.5. The molecule has 2 heterocycles. The molecule has 1 aromatic heterocycles. The second-order valence-corrected chi connectivity index (χ2v) is 3.71. The summed E-state index contributed by atoms with van der Waals surface area (Å²) in [7, 11) is 0. The van der Waals surface area contributed by atoms with E-state index in [0.717, 1.165) is 25.9 Å². The first-order valence-electron chi connectivity index (χ1n) is 5.09. The predicted molar refractivity (Wildman–Crippen MR) is 53.0 cm³/mol. The van der Waals surface area contributed by atoms with Gasteiger partial charge in [0.2, 0.25) is 0 Å². The second-order valence-electron chi connectivity index (χ2n) is 3.71. The van der Waals surface area contributed by atoms with E-state index in [9.17, 15) is 0 Å². The molecule has 1 aliphatic heterocycles. The summed E-state index contributed by atoms with van der Waals surface area (Å²) in [6.07, 6.45) is 3.21. The number of hydrogen-bond acceptors (Lipinski definition) is 6. The van der Waals surface area contributed by atoms with Crippen LogP contribution in [0.2, 0.25) is 0 Å². The lowest BCUT2D eigenvalue weighted by atomic mass is 10.1. The summed E-state index contributed by atoms with van der Waals surface area (Å²) >= 11 is 0. The van der Waals surface area contributed by atoms with Crippen molar-refractivity contribution in [2.45, 2.75) is 25.0 Å². The summed E-state index contributed by atoms with van der Waals surface area (Å²) in [5, 5.41) is 19.9. The topological polar surface area (TPSA) is 101 Å². The number of rotatable bonds is 3. The normalized spacial score (nSPS) is 20.4. The number of nitrogens with one attached hydrogen (secondary N) is 2. The van der Waals surface area contributed by atoms with E-state index in [0.29, 0.717) is 11.7 Å². The quantitative estimate of drug-likeness (QED) is 0.384. The maximum atomic E-state index is 8.65. The maximum absolute atomic E-state index is 8.65. The molecule has 1 aromatic rings. The molecular formula is C8H16N6O. The standard InChI is InChI=1S/C8H16N6O/c9-8(12-15)7-5-14(13-11-7)6-1-3-10-4-2-6/h5-6,8,10,12,15H,1-4,9H2. The number of hydrogen-bond donors (Lipinski definition) is 4. The van der Waals surface area contributed by atoms with E-state index in [-0.39, 0.29) is 0 Å². The van der Waals surface area contributed by atoms with Crippen molar-refractivity contribution < 1.29 is 5.21 Å². The monoisotopic (exact) mass is 212 g/mol. The SMILES string of the molecule is NC(NO)c1cn(C2CCNCC2)nn1. The van der Waals surface area contributed by atoms with Crippen LogP contribution in [-0.4, -0.2) is 33.3 Å². The smallest absolute Gasteiger partial charge is 0.125 e. The zero-order valence-corrected chi connectivity index (χ0v) is 8.43. The molecule has 7 heteroatoms. The van der Waals surface area contributed by atoms with Gasteiger partial charge in [-0.2, -0.15) is 5.48 Å². The fourth-order valence-electron chi connectivity index (χ4n) is 1.75. The van der Waals surface area contributed by atoms with E-state index in [1.54, 1.807) is 6.20 Å². The Kier molecular flexibility index (Phi) is 3.27. The number of nitrogens with two attached hydrogens (primary N) is 1. The molecule has 2 rings (SSSR count).